The van der Waals surface area contributed by atoms with Gasteiger partial charge in [-0.2, -0.15) is 0 Å². The second-order valence-corrected chi connectivity index (χ2v) is 4.31. The van der Waals surface area contributed by atoms with Crippen LogP contribution in [0.3, 0.4) is 0 Å². The van der Waals surface area contributed by atoms with E-state index in [1.165, 1.54) is 11.0 Å². The van der Waals surface area contributed by atoms with Crippen molar-refractivity contribution >= 4 is 17.7 Å². The monoisotopic (exact) mass is 277 g/mol. The van der Waals surface area contributed by atoms with Gasteiger partial charge in [0.15, 0.2) is 6.61 Å². The van der Waals surface area contributed by atoms with Crippen molar-refractivity contribution in [3.8, 4) is 5.75 Å². The Labute approximate surface area is 115 Å². The van der Waals surface area contributed by atoms with E-state index in [9.17, 15) is 14.4 Å². The number of amides is 3. The van der Waals surface area contributed by atoms with Crippen molar-refractivity contribution in [1.29, 1.82) is 0 Å². The molecule has 0 aromatic heterocycles. The Bertz CT molecular complexity index is 544. The van der Waals surface area contributed by atoms with E-state index in [0.29, 0.717) is 13.1 Å². The first-order valence-electron chi connectivity index (χ1n) is 6.14. The molecule has 7 heteroatoms. The average Bonchev–Trinajstić information content (AvgIpc) is 2.45. The maximum Gasteiger partial charge on any atom is 0.261 e. The second kappa shape index (κ2) is 6.05. The highest BCUT2D eigenvalue weighted by Crippen LogP contribution is 2.17. The molecule has 1 aliphatic heterocycles. The predicted octanol–water partition coefficient (Wildman–Crippen LogP) is -0.877. The summed E-state index contributed by atoms with van der Waals surface area (Å²) in [6.07, 6.45) is 0. The maximum atomic E-state index is 11.9. The van der Waals surface area contributed by atoms with Crippen LogP contribution in [0.15, 0.2) is 24.3 Å². The molecule has 106 valence electrons. The first-order valence-corrected chi connectivity index (χ1v) is 6.14. The van der Waals surface area contributed by atoms with Gasteiger partial charge in [0.25, 0.3) is 11.8 Å². The van der Waals surface area contributed by atoms with Crippen LogP contribution >= 0.6 is 0 Å². The van der Waals surface area contributed by atoms with E-state index in [1.54, 1.807) is 18.2 Å². The maximum absolute atomic E-state index is 11.9. The molecule has 0 aliphatic carbocycles. The minimum absolute atomic E-state index is 0.0274. The van der Waals surface area contributed by atoms with Gasteiger partial charge >= 0.3 is 0 Å². The number of nitrogens with zero attached hydrogens (tertiary/aromatic N) is 1. The minimum Gasteiger partial charge on any atom is -0.483 e. The van der Waals surface area contributed by atoms with Crippen LogP contribution in [-0.4, -0.2) is 48.9 Å². The zero-order valence-corrected chi connectivity index (χ0v) is 10.8. The van der Waals surface area contributed by atoms with Crippen LogP contribution in [0.5, 0.6) is 5.75 Å². The number of para-hydroxylation sites is 1. The lowest BCUT2D eigenvalue weighted by Crippen LogP contribution is -2.51. The summed E-state index contributed by atoms with van der Waals surface area (Å²) in [7, 11) is 0. The normalized spacial score (nSPS) is 14.6. The van der Waals surface area contributed by atoms with Crippen molar-refractivity contribution in [2.45, 2.75) is 0 Å². The number of piperazine rings is 1. The minimum atomic E-state index is -0.620. The van der Waals surface area contributed by atoms with Gasteiger partial charge in [0.05, 0.1) is 12.1 Å². The van der Waals surface area contributed by atoms with Gasteiger partial charge in [0.1, 0.15) is 5.75 Å². The number of benzene rings is 1. The van der Waals surface area contributed by atoms with E-state index < -0.39 is 5.91 Å². The highest BCUT2D eigenvalue weighted by Gasteiger charge is 2.21. The highest BCUT2D eigenvalue weighted by molar-refractivity contribution is 5.95. The van der Waals surface area contributed by atoms with E-state index in [0.717, 1.165) is 0 Å². The third kappa shape index (κ3) is 3.25. The molecule has 1 heterocycles. The number of nitrogens with one attached hydrogen (secondary N) is 1. The van der Waals surface area contributed by atoms with Crippen LogP contribution < -0.4 is 15.8 Å². The summed E-state index contributed by atoms with van der Waals surface area (Å²) >= 11 is 0. The molecule has 1 fully saturated rings. The van der Waals surface area contributed by atoms with Crippen molar-refractivity contribution < 1.29 is 19.1 Å². The summed E-state index contributed by atoms with van der Waals surface area (Å²) in [5.41, 5.74) is 5.43. The Hall–Kier alpha value is -2.57. The van der Waals surface area contributed by atoms with Crippen LogP contribution in [0, 0.1) is 0 Å². The third-order valence-corrected chi connectivity index (χ3v) is 2.89. The third-order valence-electron chi connectivity index (χ3n) is 2.89. The molecular formula is C13H15N3O4. The van der Waals surface area contributed by atoms with Gasteiger partial charge in [-0.1, -0.05) is 12.1 Å². The summed E-state index contributed by atoms with van der Waals surface area (Å²) in [5, 5.41) is 2.63. The SMILES string of the molecule is NC(=O)c1ccccc1OCC(=O)N1CCNC(=O)C1. The molecule has 0 unspecified atom stereocenters. The Morgan fingerprint density at radius 1 is 1.35 bits per heavy atom. The largest absolute Gasteiger partial charge is 0.483 e. The molecule has 2 rings (SSSR count). The van der Waals surface area contributed by atoms with Crippen LogP contribution in [0.25, 0.3) is 0 Å². The molecule has 1 aromatic rings. The zero-order chi connectivity index (χ0) is 14.5. The topological polar surface area (TPSA) is 102 Å². The standard InChI is InChI=1S/C13H15N3O4/c14-13(19)9-3-1-2-4-10(9)20-8-12(18)16-6-5-15-11(17)7-16/h1-4H,5-8H2,(H2,14,19)(H,15,17). The molecule has 3 amide bonds. The van der Waals surface area contributed by atoms with E-state index in [2.05, 4.69) is 5.32 Å². The molecule has 0 bridgehead atoms. The van der Waals surface area contributed by atoms with Gasteiger partial charge in [0, 0.05) is 13.1 Å². The lowest BCUT2D eigenvalue weighted by molar-refractivity contribution is -0.139. The van der Waals surface area contributed by atoms with E-state index >= 15 is 0 Å². The molecule has 0 radical (unpaired) electrons. The molecule has 0 saturated carbocycles. The number of carbonyl (C=O) groups is 3. The Morgan fingerprint density at radius 3 is 2.80 bits per heavy atom. The molecule has 0 atom stereocenters. The van der Waals surface area contributed by atoms with Crippen molar-refractivity contribution in [2.24, 2.45) is 5.73 Å². The van der Waals surface area contributed by atoms with E-state index in [4.69, 9.17) is 10.5 Å². The molecule has 3 N–H and O–H groups in total. The quantitative estimate of drug-likeness (QED) is 0.746. The summed E-state index contributed by atoms with van der Waals surface area (Å²) in [4.78, 5) is 35.7. The lowest BCUT2D eigenvalue weighted by atomic mass is 10.2. The molecule has 20 heavy (non-hydrogen) atoms. The summed E-state index contributed by atoms with van der Waals surface area (Å²) in [6.45, 7) is 0.672. The molecule has 1 aromatic carbocycles. The fraction of sp³-hybridized carbons (Fsp3) is 0.308. The molecule has 1 aliphatic rings. The van der Waals surface area contributed by atoms with Crippen LogP contribution in [0.2, 0.25) is 0 Å². The number of rotatable bonds is 4. The van der Waals surface area contributed by atoms with Gasteiger partial charge in [-0.3, -0.25) is 14.4 Å². The van der Waals surface area contributed by atoms with E-state index in [1.807, 2.05) is 0 Å². The number of hydrogen-bond acceptors (Lipinski definition) is 4. The summed E-state index contributed by atoms with van der Waals surface area (Å²) in [6, 6.07) is 6.43. The zero-order valence-electron chi connectivity index (χ0n) is 10.8. The fourth-order valence-corrected chi connectivity index (χ4v) is 1.88. The first kappa shape index (κ1) is 13.9. The van der Waals surface area contributed by atoms with Gasteiger partial charge in [-0.15, -0.1) is 0 Å². The number of primary amides is 1. The van der Waals surface area contributed by atoms with Gasteiger partial charge in [-0.25, -0.2) is 0 Å². The van der Waals surface area contributed by atoms with E-state index in [-0.39, 0.29) is 36.3 Å². The number of hydrogen-bond donors (Lipinski definition) is 2. The average molecular weight is 277 g/mol. The van der Waals surface area contributed by atoms with Gasteiger partial charge < -0.3 is 20.7 Å². The van der Waals surface area contributed by atoms with Gasteiger partial charge in [0.2, 0.25) is 5.91 Å². The summed E-state index contributed by atoms with van der Waals surface area (Å²) in [5.74, 6) is -0.860. The Kier molecular flexibility index (Phi) is 4.19. The molecule has 7 nitrogen and oxygen atoms in total. The lowest BCUT2D eigenvalue weighted by Gasteiger charge is -2.26. The summed E-state index contributed by atoms with van der Waals surface area (Å²) < 4.78 is 5.32. The van der Waals surface area contributed by atoms with Gasteiger partial charge in [-0.05, 0) is 12.1 Å². The highest BCUT2D eigenvalue weighted by atomic mass is 16.5. The fourth-order valence-electron chi connectivity index (χ4n) is 1.88. The Balaban J connectivity index is 1.96. The first-order chi connectivity index (χ1) is 9.58. The van der Waals surface area contributed by atoms with Crippen molar-refractivity contribution in [3.05, 3.63) is 29.8 Å². The predicted molar refractivity (Wildman–Crippen MR) is 70.0 cm³/mol. The number of nitrogens with two attached hydrogens (primary N) is 1. The smallest absolute Gasteiger partial charge is 0.261 e. The molecule has 0 spiro atoms. The van der Waals surface area contributed by atoms with Crippen molar-refractivity contribution in [2.75, 3.05) is 26.2 Å². The van der Waals surface area contributed by atoms with Crippen LogP contribution in [0.1, 0.15) is 10.4 Å². The molecule has 1 saturated heterocycles. The number of ether oxygens (including phenoxy) is 1. The second-order valence-electron chi connectivity index (χ2n) is 4.31. The Morgan fingerprint density at radius 2 is 2.10 bits per heavy atom. The van der Waals surface area contributed by atoms with Crippen molar-refractivity contribution in [1.82, 2.24) is 10.2 Å². The van der Waals surface area contributed by atoms with Crippen LogP contribution in [0.4, 0.5) is 0 Å². The number of carbonyl (C=O) groups excluding carboxylic acids is 3. The molecular weight excluding hydrogens is 262 g/mol. The van der Waals surface area contributed by atoms with Crippen LogP contribution in [-0.2, 0) is 9.59 Å². The van der Waals surface area contributed by atoms with Crippen molar-refractivity contribution in [3.63, 3.8) is 0 Å².